The Kier molecular flexibility index (Phi) is 4.32. The second-order valence-corrected chi connectivity index (χ2v) is 7.94. The smallest absolute Gasteiger partial charge is 0.256 e. The Hall–Kier alpha value is -3.13. The summed E-state index contributed by atoms with van der Waals surface area (Å²) in [7, 11) is 0. The van der Waals surface area contributed by atoms with Crippen LogP contribution in [0.15, 0.2) is 54.9 Å². The van der Waals surface area contributed by atoms with Gasteiger partial charge in [0.05, 0.1) is 26.5 Å². The Morgan fingerprint density at radius 2 is 1.96 bits per heavy atom. The second-order valence-electron chi connectivity index (χ2n) is 6.88. The zero-order chi connectivity index (χ0) is 18.9. The molecule has 0 saturated carbocycles. The monoisotopic (exact) mass is 390 g/mol. The van der Waals surface area contributed by atoms with E-state index in [4.69, 9.17) is 4.98 Å². The normalized spacial score (nSPS) is 17.1. The van der Waals surface area contributed by atoms with Crippen LogP contribution in [-0.4, -0.2) is 49.1 Å². The Bertz CT molecular complexity index is 1090. The summed E-state index contributed by atoms with van der Waals surface area (Å²) in [4.78, 5) is 20.0. The van der Waals surface area contributed by atoms with Crippen LogP contribution in [0.1, 0.15) is 34.1 Å². The van der Waals surface area contributed by atoms with E-state index in [1.54, 1.807) is 11.3 Å². The van der Waals surface area contributed by atoms with Crippen LogP contribution >= 0.6 is 11.3 Å². The number of fused-ring (bicyclic) bond motifs is 1. The third-order valence-corrected chi connectivity index (χ3v) is 6.30. The Labute approximate surface area is 165 Å². The van der Waals surface area contributed by atoms with Crippen LogP contribution in [0.3, 0.4) is 0 Å². The SMILES string of the molecule is O=C(c1ccccc1-n1cnnn1)N1CCC[C@H](c2nc3ccccc3s2)C1. The molecule has 0 aliphatic carbocycles. The molecule has 140 valence electrons. The van der Waals surface area contributed by atoms with Gasteiger partial charge in [0.1, 0.15) is 6.33 Å². The van der Waals surface area contributed by atoms with Gasteiger partial charge in [0, 0.05) is 19.0 Å². The van der Waals surface area contributed by atoms with Crippen molar-refractivity contribution < 1.29 is 4.79 Å². The quantitative estimate of drug-likeness (QED) is 0.536. The van der Waals surface area contributed by atoms with Crippen LogP contribution in [0.4, 0.5) is 0 Å². The van der Waals surface area contributed by atoms with Gasteiger partial charge in [0.2, 0.25) is 0 Å². The van der Waals surface area contributed by atoms with Gasteiger partial charge in [-0.2, -0.15) is 4.68 Å². The van der Waals surface area contributed by atoms with Gasteiger partial charge >= 0.3 is 0 Å². The van der Waals surface area contributed by atoms with E-state index in [1.807, 2.05) is 47.4 Å². The molecule has 0 radical (unpaired) electrons. The molecule has 1 fully saturated rings. The molecular formula is C20H18N6OS. The van der Waals surface area contributed by atoms with E-state index in [-0.39, 0.29) is 11.8 Å². The molecule has 0 unspecified atom stereocenters. The minimum absolute atomic E-state index is 0.0110. The fraction of sp³-hybridized carbons (Fsp3) is 0.250. The molecule has 0 spiro atoms. The number of hydrogen-bond donors (Lipinski definition) is 0. The number of carbonyl (C=O) groups excluding carboxylic acids is 1. The molecule has 5 rings (SSSR count). The van der Waals surface area contributed by atoms with Gasteiger partial charge in [-0.15, -0.1) is 16.4 Å². The number of piperidine rings is 1. The van der Waals surface area contributed by atoms with Crippen molar-refractivity contribution in [2.24, 2.45) is 0 Å². The number of tetrazole rings is 1. The van der Waals surface area contributed by atoms with Crippen molar-refractivity contribution in [1.82, 2.24) is 30.1 Å². The van der Waals surface area contributed by atoms with E-state index in [9.17, 15) is 4.79 Å². The molecule has 1 amide bonds. The number of thiazole rings is 1. The first kappa shape index (κ1) is 17.0. The topological polar surface area (TPSA) is 76.8 Å². The van der Waals surface area contributed by atoms with Gasteiger partial charge in [-0.1, -0.05) is 24.3 Å². The van der Waals surface area contributed by atoms with Crippen molar-refractivity contribution in [1.29, 1.82) is 0 Å². The van der Waals surface area contributed by atoms with E-state index in [0.29, 0.717) is 17.8 Å². The molecule has 2 aromatic carbocycles. The van der Waals surface area contributed by atoms with Crippen LogP contribution in [0.2, 0.25) is 0 Å². The molecule has 2 aromatic heterocycles. The van der Waals surface area contributed by atoms with E-state index in [0.717, 1.165) is 29.9 Å². The van der Waals surface area contributed by atoms with Crippen LogP contribution in [-0.2, 0) is 0 Å². The van der Waals surface area contributed by atoms with E-state index in [2.05, 4.69) is 21.6 Å². The molecule has 0 bridgehead atoms. The van der Waals surface area contributed by atoms with Crippen molar-refractivity contribution >= 4 is 27.5 Å². The number of para-hydroxylation sites is 2. The largest absolute Gasteiger partial charge is 0.338 e. The molecule has 1 aliphatic rings. The highest BCUT2D eigenvalue weighted by atomic mass is 32.1. The minimum atomic E-state index is 0.0110. The average molecular weight is 390 g/mol. The van der Waals surface area contributed by atoms with Crippen molar-refractivity contribution in [2.75, 3.05) is 13.1 Å². The Morgan fingerprint density at radius 1 is 1.11 bits per heavy atom. The lowest BCUT2D eigenvalue weighted by atomic mass is 9.97. The highest BCUT2D eigenvalue weighted by molar-refractivity contribution is 7.18. The first-order valence-electron chi connectivity index (χ1n) is 9.27. The van der Waals surface area contributed by atoms with Crippen LogP contribution in [0, 0.1) is 0 Å². The summed E-state index contributed by atoms with van der Waals surface area (Å²) in [5, 5.41) is 12.4. The molecule has 3 heterocycles. The first-order valence-corrected chi connectivity index (χ1v) is 10.1. The molecule has 8 heteroatoms. The van der Waals surface area contributed by atoms with Crippen molar-refractivity contribution in [2.45, 2.75) is 18.8 Å². The van der Waals surface area contributed by atoms with Gasteiger partial charge in [0.15, 0.2) is 0 Å². The van der Waals surface area contributed by atoms with Gasteiger partial charge in [-0.3, -0.25) is 4.79 Å². The first-order chi connectivity index (χ1) is 13.8. The number of carbonyl (C=O) groups is 1. The van der Waals surface area contributed by atoms with Gasteiger partial charge < -0.3 is 4.90 Å². The van der Waals surface area contributed by atoms with Crippen LogP contribution < -0.4 is 0 Å². The lowest BCUT2D eigenvalue weighted by Crippen LogP contribution is -2.39. The van der Waals surface area contributed by atoms with E-state index < -0.39 is 0 Å². The highest BCUT2D eigenvalue weighted by Gasteiger charge is 2.28. The number of benzene rings is 2. The average Bonchev–Trinajstić information content (AvgIpc) is 3.43. The Morgan fingerprint density at radius 3 is 2.82 bits per heavy atom. The third kappa shape index (κ3) is 3.05. The van der Waals surface area contributed by atoms with E-state index >= 15 is 0 Å². The number of rotatable bonds is 3. The number of aromatic nitrogens is 5. The lowest BCUT2D eigenvalue weighted by Gasteiger charge is -2.32. The van der Waals surface area contributed by atoms with Gasteiger partial charge in [0.25, 0.3) is 5.91 Å². The third-order valence-electron chi connectivity index (χ3n) is 5.10. The predicted molar refractivity (Wildman–Crippen MR) is 107 cm³/mol. The van der Waals surface area contributed by atoms with Crippen molar-refractivity contribution in [3.8, 4) is 5.69 Å². The zero-order valence-electron chi connectivity index (χ0n) is 15.1. The lowest BCUT2D eigenvalue weighted by molar-refractivity contribution is 0.0707. The number of hydrogen-bond acceptors (Lipinski definition) is 6. The van der Waals surface area contributed by atoms with Crippen LogP contribution in [0.5, 0.6) is 0 Å². The predicted octanol–water partition coefficient (Wildman–Crippen LogP) is 3.29. The molecule has 7 nitrogen and oxygen atoms in total. The highest BCUT2D eigenvalue weighted by Crippen LogP contribution is 2.33. The second kappa shape index (κ2) is 7.12. The van der Waals surface area contributed by atoms with Crippen LogP contribution in [0.25, 0.3) is 15.9 Å². The Balaban J connectivity index is 1.42. The zero-order valence-corrected chi connectivity index (χ0v) is 15.9. The molecule has 28 heavy (non-hydrogen) atoms. The summed E-state index contributed by atoms with van der Waals surface area (Å²) in [6.45, 7) is 1.44. The standard InChI is InChI=1S/C20H18N6OS/c27-20(15-7-1-3-9-17(15)26-13-21-23-24-26)25-11-5-6-14(12-25)19-22-16-8-2-4-10-18(16)28-19/h1-4,7-10,13-14H,5-6,11-12H2/t14-/m0/s1. The van der Waals surface area contributed by atoms with Gasteiger partial charge in [-0.05, 0) is 47.5 Å². The maximum Gasteiger partial charge on any atom is 0.256 e. The summed E-state index contributed by atoms with van der Waals surface area (Å²) in [5.41, 5.74) is 2.34. The number of likely N-dealkylation sites (tertiary alicyclic amines) is 1. The fourth-order valence-electron chi connectivity index (χ4n) is 3.72. The molecule has 0 N–H and O–H groups in total. The summed E-state index contributed by atoms with van der Waals surface area (Å²) in [6, 6.07) is 15.6. The summed E-state index contributed by atoms with van der Waals surface area (Å²) < 4.78 is 2.73. The van der Waals surface area contributed by atoms with Crippen molar-refractivity contribution in [3.63, 3.8) is 0 Å². The number of nitrogens with zero attached hydrogens (tertiary/aromatic N) is 6. The van der Waals surface area contributed by atoms with Crippen molar-refractivity contribution in [3.05, 3.63) is 65.4 Å². The molecule has 1 aliphatic heterocycles. The summed E-state index contributed by atoms with van der Waals surface area (Å²) in [5.74, 6) is 0.284. The van der Waals surface area contributed by atoms with Gasteiger partial charge in [-0.25, -0.2) is 4.98 Å². The molecule has 1 atom stereocenters. The maximum atomic E-state index is 13.3. The molecule has 1 saturated heterocycles. The van der Waals surface area contributed by atoms with E-state index in [1.165, 1.54) is 15.7 Å². The maximum absolute atomic E-state index is 13.3. The summed E-state index contributed by atoms with van der Waals surface area (Å²) >= 11 is 1.73. The number of amides is 1. The fourth-order valence-corrected chi connectivity index (χ4v) is 4.82. The summed E-state index contributed by atoms with van der Waals surface area (Å²) in [6.07, 6.45) is 3.53. The minimum Gasteiger partial charge on any atom is -0.338 e. The molecular weight excluding hydrogens is 372 g/mol. The molecule has 4 aromatic rings.